The lowest BCUT2D eigenvalue weighted by molar-refractivity contribution is 0.102. The maximum atomic E-state index is 12.3. The first-order valence-corrected chi connectivity index (χ1v) is 6.49. The Morgan fingerprint density at radius 2 is 2.10 bits per heavy atom. The van der Waals surface area contributed by atoms with Gasteiger partial charge in [0.05, 0.1) is 16.3 Å². The minimum atomic E-state index is -0.330. The Hall–Kier alpha value is -2.73. The van der Waals surface area contributed by atoms with Crippen molar-refractivity contribution < 1.29 is 4.79 Å². The molecule has 21 heavy (non-hydrogen) atoms. The highest BCUT2D eigenvalue weighted by atomic mass is 35.5. The lowest BCUT2D eigenvalue weighted by atomic mass is 10.2. The van der Waals surface area contributed by atoms with Crippen molar-refractivity contribution in [3.05, 3.63) is 65.8 Å². The summed E-state index contributed by atoms with van der Waals surface area (Å²) in [5.41, 5.74) is 0.890. The van der Waals surface area contributed by atoms with Crippen LogP contribution in [0, 0.1) is 0 Å². The fraction of sp³-hybridized carbons (Fsp3) is 0. The van der Waals surface area contributed by atoms with Crippen LogP contribution < -0.4 is 5.32 Å². The molecule has 0 aliphatic carbocycles. The Morgan fingerprint density at radius 3 is 2.86 bits per heavy atom. The Balaban J connectivity index is 1.93. The third kappa shape index (κ3) is 2.75. The van der Waals surface area contributed by atoms with Gasteiger partial charge in [-0.05, 0) is 24.3 Å². The number of hydrogen-bond donors (Lipinski definition) is 1. The van der Waals surface area contributed by atoms with Gasteiger partial charge in [-0.1, -0.05) is 11.6 Å². The maximum Gasteiger partial charge on any atom is 0.257 e. The second kappa shape index (κ2) is 5.72. The van der Waals surface area contributed by atoms with E-state index in [4.69, 9.17) is 11.6 Å². The van der Waals surface area contributed by atoms with E-state index in [0.29, 0.717) is 22.1 Å². The fourth-order valence-corrected chi connectivity index (χ4v) is 2.03. The summed E-state index contributed by atoms with van der Waals surface area (Å²) >= 11 is 5.97. The summed E-state index contributed by atoms with van der Waals surface area (Å²) in [6.07, 6.45) is 7.95. The van der Waals surface area contributed by atoms with Crippen LogP contribution in [0.1, 0.15) is 10.4 Å². The molecule has 0 aliphatic rings. The number of hydrogen-bond acceptors (Lipinski definition) is 4. The van der Waals surface area contributed by atoms with E-state index in [0.717, 1.165) is 0 Å². The number of amides is 1. The van der Waals surface area contributed by atoms with Crippen LogP contribution in [0.3, 0.4) is 0 Å². The van der Waals surface area contributed by atoms with Crippen LogP contribution in [0.2, 0.25) is 5.02 Å². The largest absolute Gasteiger partial charge is 0.319 e. The molecular weight excluding hydrogens is 290 g/mol. The van der Waals surface area contributed by atoms with E-state index in [-0.39, 0.29) is 5.91 Å². The number of carbonyl (C=O) groups excluding carboxylic acids is 1. The highest BCUT2D eigenvalue weighted by Gasteiger charge is 2.13. The summed E-state index contributed by atoms with van der Waals surface area (Å²) < 4.78 is 1.57. The van der Waals surface area contributed by atoms with Gasteiger partial charge in [-0.15, -0.1) is 0 Å². The first-order chi connectivity index (χ1) is 10.3. The van der Waals surface area contributed by atoms with Crippen LogP contribution in [-0.4, -0.2) is 25.7 Å². The van der Waals surface area contributed by atoms with Crippen molar-refractivity contribution in [2.24, 2.45) is 0 Å². The number of aromatic nitrogens is 4. The maximum absolute atomic E-state index is 12.3. The Kier molecular flexibility index (Phi) is 3.61. The molecule has 7 heteroatoms. The van der Waals surface area contributed by atoms with E-state index in [9.17, 15) is 4.79 Å². The molecule has 0 saturated heterocycles. The van der Waals surface area contributed by atoms with Gasteiger partial charge in [0.2, 0.25) is 0 Å². The molecule has 0 atom stereocenters. The molecule has 0 unspecified atom stereocenters. The average Bonchev–Trinajstić information content (AvgIpc) is 3.02. The smallest absolute Gasteiger partial charge is 0.257 e. The van der Waals surface area contributed by atoms with Crippen LogP contribution >= 0.6 is 11.6 Å². The third-order valence-corrected chi connectivity index (χ3v) is 3.07. The molecule has 1 N–H and O–H groups in total. The van der Waals surface area contributed by atoms with E-state index in [1.54, 1.807) is 47.5 Å². The first kappa shape index (κ1) is 13.3. The fourth-order valence-electron chi connectivity index (χ4n) is 1.82. The molecule has 0 radical (unpaired) electrons. The van der Waals surface area contributed by atoms with E-state index >= 15 is 0 Å². The van der Waals surface area contributed by atoms with E-state index in [1.807, 2.05) is 0 Å². The van der Waals surface area contributed by atoms with Gasteiger partial charge < -0.3 is 5.32 Å². The molecule has 0 saturated carbocycles. The monoisotopic (exact) mass is 299 g/mol. The number of rotatable bonds is 3. The van der Waals surface area contributed by atoms with Gasteiger partial charge >= 0.3 is 0 Å². The van der Waals surface area contributed by atoms with Crippen molar-refractivity contribution in [1.82, 2.24) is 19.7 Å². The van der Waals surface area contributed by atoms with E-state index < -0.39 is 0 Å². The number of carbonyl (C=O) groups is 1. The molecule has 104 valence electrons. The zero-order chi connectivity index (χ0) is 14.7. The zero-order valence-corrected chi connectivity index (χ0v) is 11.5. The molecule has 3 aromatic rings. The van der Waals surface area contributed by atoms with Gasteiger partial charge in [0.15, 0.2) is 5.82 Å². The highest BCUT2D eigenvalue weighted by molar-refractivity contribution is 6.34. The predicted octanol–water partition coefficient (Wildman–Crippen LogP) is 2.57. The molecule has 0 spiro atoms. The number of pyridine rings is 2. The molecule has 0 aliphatic heterocycles. The van der Waals surface area contributed by atoms with E-state index in [1.165, 1.54) is 12.4 Å². The predicted molar refractivity (Wildman–Crippen MR) is 78.6 cm³/mol. The minimum absolute atomic E-state index is 0.291. The molecule has 3 aromatic heterocycles. The summed E-state index contributed by atoms with van der Waals surface area (Å²) in [5.74, 6) is 0.199. The topological polar surface area (TPSA) is 72.7 Å². The van der Waals surface area contributed by atoms with Gasteiger partial charge in [0.25, 0.3) is 5.91 Å². The van der Waals surface area contributed by atoms with Crippen LogP contribution in [0.15, 0.2) is 55.2 Å². The summed E-state index contributed by atoms with van der Waals surface area (Å²) in [4.78, 5) is 20.4. The van der Waals surface area contributed by atoms with Crippen molar-refractivity contribution >= 4 is 23.2 Å². The first-order valence-electron chi connectivity index (χ1n) is 6.11. The lowest BCUT2D eigenvalue weighted by Gasteiger charge is -2.10. The van der Waals surface area contributed by atoms with E-state index in [2.05, 4.69) is 20.4 Å². The Bertz CT molecular complexity index is 773. The molecule has 3 rings (SSSR count). The normalized spacial score (nSPS) is 10.3. The second-order valence-electron chi connectivity index (χ2n) is 4.13. The Morgan fingerprint density at radius 1 is 1.19 bits per heavy atom. The number of nitrogens with one attached hydrogen (secondary N) is 1. The quantitative estimate of drug-likeness (QED) is 0.806. The lowest BCUT2D eigenvalue weighted by Crippen LogP contribution is -2.15. The van der Waals surface area contributed by atoms with Crippen molar-refractivity contribution in [2.45, 2.75) is 0 Å². The number of halogens is 1. The zero-order valence-electron chi connectivity index (χ0n) is 10.8. The van der Waals surface area contributed by atoms with Gasteiger partial charge in [0.1, 0.15) is 0 Å². The van der Waals surface area contributed by atoms with Gasteiger partial charge in [-0.25, -0.2) is 9.67 Å². The van der Waals surface area contributed by atoms with Crippen molar-refractivity contribution in [2.75, 3.05) is 5.32 Å². The van der Waals surface area contributed by atoms with Gasteiger partial charge in [-0.3, -0.25) is 9.78 Å². The SMILES string of the molecule is O=C(Nc1cccnc1-n1cccn1)c1ccncc1Cl. The van der Waals surface area contributed by atoms with Crippen LogP contribution in [0.5, 0.6) is 0 Å². The number of anilines is 1. The highest BCUT2D eigenvalue weighted by Crippen LogP contribution is 2.19. The molecule has 1 amide bonds. The van der Waals surface area contributed by atoms with Crippen LogP contribution in [-0.2, 0) is 0 Å². The number of nitrogens with zero attached hydrogens (tertiary/aromatic N) is 4. The van der Waals surface area contributed by atoms with Gasteiger partial charge in [0, 0.05) is 31.0 Å². The average molecular weight is 300 g/mol. The summed E-state index contributed by atoms with van der Waals surface area (Å²) in [5, 5.41) is 7.18. The van der Waals surface area contributed by atoms with Crippen molar-refractivity contribution in [3.63, 3.8) is 0 Å². The molecular formula is C14H10ClN5O. The molecule has 3 heterocycles. The molecule has 6 nitrogen and oxygen atoms in total. The summed E-state index contributed by atoms with van der Waals surface area (Å²) in [6, 6.07) is 6.81. The Labute approximate surface area is 125 Å². The standard InChI is InChI=1S/C14H10ClN5O/c15-11-9-16-7-4-10(11)14(21)19-12-3-1-5-17-13(12)20-8-2-6-18-20/h1-9H,(H,19,21). The molecule has 0 bridgehead atoms. The summed E-state index contributed by atoms with van der Waals surface area (Å²) in [6.45, 7) is 0. The molecule has 0 fully saturated rings. The minimum Gasteiger partial charge on any atom is -0.319 e. The second-order valence-corrected chi connectivity index (χ2v) is 4.54. The van der Waals surface area contributed by atoms with Crippen molar-refractivity contribution in [3.8, 4) is 5.82 Å². The van der Waals surface area contributed by atoms with Crippen LogP contribution in [0.4, 0.5) is 5.69 Å². The summed E-state index contributed by atoms with van der Waals surface area (Å²) in [7, 11) is 0. The van der Waals surface area contributed by atoms with Crippen molar-refractivity contribution in [1.29, 1.82) is 0 Å². The van der Waals surface area contributed by atoms with Crippen LogP contribution in [0.25, 0.3) is 5.82 Å². The van der Waals surface area contributed by atoms with Gasteiger partial charge in [-0.2, -0.15) is 5.10 Å². The molecule has 0 aromatic carbocycles. The third-order valence-electron chi connectivity index (χ3n) is 2.77.